The Hall–Kier alpha value is -1.58. The van der Waals surface area contributed by atoms with Crippen LogP contribution in [0.1, 0.15) is 6.23 Å². The van der Waals surface area contributed by atoms with Crippen LogP contribution in [0.3, 0.4) is 0 Å². The fraction of sp³-hybridized carbons (Fsp3) is 0.364. The topological polar surface area (TPSA) is 270 Å². The van der Waals surface area contributed by atoms with Crippen molar-refractivity contribution in [2.75, 3.05) is 5.73 Å². The van der Waals surface area contributed by atoms with Gasteiger partial charge in [-0.2, -0.15) is 4.31 Å². The Bertz CT molecular complexity index is 1150. The van der Waals surface area contributed by atoms with Crippen molar-refractivity contribution in [3.05, 3.63) is 24.5 Å². The Balaban J connectivity index is 1.77. The second kappa shape index (κ2) is 8.41. The van der Waals surface area contributed by atoms with Crippen molar-refractivity contribution in [2.24, 2.45) is 0 Å². The number of aliphatic hydroxyl groups excluding tert-OH is 2. The molecule has 1 saturated heterocycles. The smallest absolute Gasteiger partial charge is 0.387 e. The molecule has 2 aromatic rings. The molecule has 20 heteroatoms. The van der Waals surface area contributed by atoms with E-state index in [0.717, 1.165) is 12.4 Å². The summed E-state index contributed by atoms with van der Waals surface area (Å²) in [6.45, 7) is 0. The van der Waals surface area contributed by atoms with Gasteiger partial charge in [-0.15, -0.1) is 0 Å². The molecule has 1 fully saturated rings. The predicted molar refractivity (Wildman–Crippen MR) is 98.7 cm³/mol. The van der Waals surface area contributed by atoms with Gasteiger partial charge in [-0.1, -0.05) is 0 Å². The van der Waals surface area contributed by atoms with Crippen molar-refractivity contribution >= 4 is 40.2 Å². The molecule has 1 aliphatic rings. The molecule has 3 rings (SSSR count). The molecular weight excluding hydrogens is 487 g/mol. The first kappa shape index (κ1) is 24.1. The number of aromatic nitrogens is 4. The van der Waals surface area contributed by atoms with Crippen molar-refractivity contribution in [1.82, 2.24) is 19.5 Å². The third kappa shape index (κ3) is 5.62. The summed E-state index contributed by atoms with van der Waals surface area (Å²) in [6, 6.07) is 0. The summed E-state index contributed by atoms with van der Waals surface area (Å²) in [4.78, 5) is 47.5. The molecule has 0 saturated carbocycles. The van der Waals surface area contributed by atoms with Gasteiger partial charge in [0, 0.05) is 5.82 Å². The number of nitrogens with zero attached hydrogens (tertiary/aromatic N) is 4. The molecule has 0 aromatic carbocycles. The Morgan fingerprint density at radius 1 is 1.06 bits per heavy atom. The van der Waals surface area contributed by atoms with Crippen LogP contribution in [0.2, 0.25) is 0 Å². The summed E-state index contributed by atoms with van der Waals surface area (Å²) in [6.07, 6.45) is -2.78. The number of nitrogens with two attached hydrogens (primary N) is 1. The van der Waals surface area contributed by atoms with Crippen molar-refractivity contribution in [3.63, 3.8) is 0 Å². The van der Waals surface area contributed by atoms with E-state index < -0.39 is 47.8 Å². The van der Waals surface area contributed by atoms with Crippen LogP contribution in [0, 0.1) is 0 Å². The van der Waals surface area contributed by atoms with Gasteiger partial charge >= 0.3 is 23.2 Å². The minimum Gasteiger partial charge on any atom is -0.387 e. The van der Waals surface area contributed by atoms with E-state index in [-0.39, 0.29) is 17.0 Å². The summed E-state index contributed by atoms with van der Waals surface area (Å²) in [5.74, 6) is 0.367. The lowest BCUT2D eigenvalue weighted by Gasteiger charge is -2.16. The number of nitrogen functional groups attached to an aromatic ring is 1. The summed E-state index contributed by atoms with van der Waals surface area (Å²) in [7, 11) is -16.3. The van der Waals surface area contributed by atoms with Gasteiger partial charge in [0.25, 0.3) is 0 Å². The monoisotopic (exact) mass is 503 g/mol. The molecule has 31 heavy (non-hydrogen) atoms. The summed E-state index contributed by atoms with van der Waals surface area (Å²) >= 11 is 0. The summed E-state index contributed by atoms with van der Waals surface area (Å²) in [5, 5.41) is 20.5. The molecule has 1 aliphatic heterocycles. The number of aliphatic hydroxyl groups is 2. The highest BCUT2D eigenvalue weighted by atomic mass is 31.3. The van der Waals surface area contributed by atoms with E-state index in [9.17, 15) is 28.8 Å². The van der Waals surface area contributed by atoms with E-state index in [2.05, 4.69) is 23.6 Å². The molecule has 8 N–H and O–H groups in total. The number of anilines is 1. The van der Waals surface area contributed by atoms with Crippen LogP contribution in [0.25, 0.3) is 11.2 Å². The second-order valence-electron chi connectivity index (χ2n) is 6.08. The zero-order valence-corrected chi connectivity index (χ0v) is 17.6. The maximum Gasteiger partial charge on any atom is 0.488 e. The Kier molecular flexibility index (Phi) is 6.53. The molecule has 0 spiro atoms. The van der Waals surface area contributed by atoms with E-state index in [0.29, 0.717) is 5.82 Å². The molecule has 6 atom stereocenters. The minimum absolute atomic E-state index is 0.0533. The normalized spacial score (nSPS) is 28.7. The molecule has 17 nitrogen and oxygen atoms in total. The quantitative estimate of drug-likeness (QED) is 0.222. The fourth-order valence-electron chi connectivity index (χ4n) is 2.65. The van der Waals surface area contributed by atoms with Crippen LogP contribution < -0.4 is 5.73 Å². The molecule has 0 amide bonds. The first-order valence-corrected chi connectivity index (χ1v) is 12.6. The van der Waals surface area contributed by atoms with Crippen LogP contribution >= 0.6 is 23.2 Å². The average Bonchev–Trinajstić information content (AvgIpc) is 3.13. The molecule has 0 aliphatic carbocycles. The second-order valence-corrected chi connectivity index (χ2v) is 10.7. The lowest BCUT2D eigenvalue weighted by Crippen LogP contribution is -2.30. The highest BCUT2D eigenvalue weighted by Crippen LogP contribution is 2.66. The molecule has 2 unspecified atom stereocenters. The van der Waals surface area contributed by atoms with Gasteiger partial charge in [0.15, 0.2) is 17.7 Å². The molecule has 172 valence electrons. The highest BCUT2D eigenvalue weighted by Gasteiger charge is 2.44. The third-order valence-electron chi connectivity index (χ3n) is 3.83. The SMILES string of the molecule is Nc1ncnc2c1ncn2[C@@H]1O[C@H](/C=C/P(=O)(O)OP(=O)(O)OP(=O)(O)O)[C@@H](O)[C@H]1O. The Morgan fingerprint density at radius 2 is 1.74 bits per heavy atom. The number of imidazole rings is 1. The van der Waals surface area contributed by atoms with Crippen LogP contribution in [0.5, 0.6) is 0 Å². The van der Waals surface area contributed by atoms with Crippen molar-refractivity contribution in [3.8, 4) is 0 Å². The maximum atomic E-state index is 11.9. The van der Waals surface area contributed by atoms with Crippen molar-refractivity contribution in [1.29, 1.82) is 0 Å². The molecule has 0 bridgehead atoms. The Labute approximate surface area is 172 Å². The number of hydrogen-bond donors (Lipinski definition) is 7. The highest BCUT2D eigenvalue weighted by molar-refractivity contribution is 7.69. The van der Waals surface area contributed by atoms with Crippen molar-refractivity contribution < 1.29 is 56.8 Å². The largest absolute Gasteiger partial charge is 0.488 e. The van der Waals surface area contributed by atoms with Gasteiger partial charge in [0.05, 0.1) is 6.33 Å². The van der Waals surface area contributed by atoms with Gasteiger partial charge in [-0.3, -0.25) is 9.13 Å². The minimum atomic E-state index is -5.63. The van der Waals surface area contributed by atoms with E-state index in [1.54, 1.807) is 0 Å². The first-order chi connectivity index (χ1) is 14.2. The van der Waals surface area contributed by atoms with Gasteiger partial charge in [-0.05, 0) is 6.08 Å². The predicted octanol–water partition coefficient (Wildman–Crippen LogP) is -1.05. The molecule has 0 radical (unpaired) electrons. The Morgan fingerprint density at radius 3 is 2.39 bits per heavy atom. The number of hydrogen-bond acceptors (Lipinski definition) is 12. The van der Waals surface area contributed by atoms with Crippen LogP contribution in [-0.4, -0.2) is 67.6 Å². The van der Waals surface area contributed by atoms with Gasteiger partial charge in [0.1, 0.15) is 30.2 Å². The van der Waals surface area contributed by atoms with Gasteiger partial charge < -0.3 is 40.3 Å². The van der Waals surface area contributed by atoms with Crippen LogP contribution in [-0.2, 0) is 27.1 Å². The molecular formula is C11H16N5O12P3. The van der Waals surface area contributed by atoms with Crippen LogP contribution in [0.4, 0.5) is 5.82 Å². The first-order valence-electron chi connectivity index (χ1n) is 7.96. The lowest BCUT2D eigenvalue weighted by atomic mass is 10.1. The fourth-order valence-corrected chi connectivity index (χ4v) is 5.90. The third-order valence-corrected chi connectivity index (χ3v) is 7.82. The average molecular weight is 503 g/mol. The van der Waals surface area contributed by atoms with E-state index in [1.807, 2.05) is 0 Å². The molecule has 2 aromatic heterocycles. The van der Waals surface area contributed by atoms with E-state index in [1.165, 1.54) is 10.9 Å². The summed E-state index contributed by atoms with van der Waals surface area (Å²) in [5.41, 5.74) is 6.04. The number of ether oxygens (including phenoxy) is 1. The van der Waals surface area contributed by atoms with E-state index in [4.69, 9.17) is 25.2 Å². The standard InChI is InChI=1S/C11H16N5O12P3/c12-9-6-10(14-3-13-9)16(4-15-6)11-8(18)7(17)5(26-11)1-2-29(19,20)27-31(24,25)28-30(21,22)23/h1-5,7-8,11,17-18H,(H,19,20)(H,24,25)(H2,12,13,14)(H2,21,22,23)/b2-1+/t5-,7-,8-,11-/m1/s1. The van der Waals surface area contributed by atoms with Gasteiger partial charge in [-0.25, -0.2) is 28.4 Å². The zero-order valence-electron chi connectivity index (χ0n) is 15.0. The van der Waals surface area contributed by atoms with E-state index >= 15 is 0 Å². The zero-order chi connectivity index (χ0) is 23.2. The lowest BCUT2D eigenvalue weighted by molar-refractivity contribution is -0.0244. The van der Waals surface area contributed by atoms with Gasteiger partial charge in [0.2, 0.25) is 0 Å². The van der Waals surface area contributed by atoms with Crippen LogP contribution in [0.15, 0.2) is 24.5 Å². The summed E-state index contributed by atoms with van der Waals surface area (Å²) < 4.78 is 47.9. The number of rotatable bonds is 7. The maximum absolute atomic E-state index is 11.9. The molecule has 3 heterocycles. The number of phosphoric acid groups is 2. The number of fused-ring (bicyclic) bond motifs is 1. The van der Waals surface area contributed by atoms with Crippen molar-refractivity contribution in [2.45, 2.75) is 24.5 Å².